The molecule has 2 aliphatic rings. The van der Waals surface area contributed by atoms with Gasteiger partial charge in [0.2, 0.25) is 0 Å². The highest BCUT2D eigenvalue weighted by molar-refractivity contribution is 5.30. The minimum absolute atomic E-state index is 0.496. The summed E-state index contributed by atoms with van der Waals surface area (Å²) in [6.45, 7) is 2.57. The molecule has 1 saturated heterocycles. The zero-order chi connectivity index (χ0) is 10.3. The average molecular weight is 201 g/mol. The summed E-state index contributed by atoms with van der Waals surface area (Å²) >= 11 is 0. The molecule has 1 aliphatic carbocycles. The van der Waals surface area contributed by atoms with E-state index in [4.69, 9.17) is 0 Å². The van der Waals surface area contributed by atoms with Crippen LogP contribution in [0.2, 0.25) is 0 Å². The number of hydrogen-bond donors (Lipinski definition) is 0. The molecular formula is C14H19N. The number of likely N-dealkylation sites (tertiary alicyclic amines) is 1. The van der Waals surface area contributed by atoms with Gasteiger partial charge < -0.3 is 4.90 Å². The molecule has 1 heteroatoms. The van der Waals surface area contributed by atoms with E-state index < -0.39 is 0 Å². The summed E-state index contributed by atoms with van der Waals surface area (Å²) in [6, 6.07) is 11.2. The molecule has 0 N–H and O–H groups in total. The van der Waals surface area contributed by atoms with Crippen LogP contribution in [0.1, 0.15) is 24.8 Å². The summed E-state index contributed by atoms with van der Waals surface area (Å²) in [6.07, 6.45) is 4.25. The van der Waals surface area contributed by atoms with Crippen LogP contribution < -0.4 is 0 Å². The minimum atomic E-state index is 0.496. The zero-order valence-corrected chi connectivity index (χ0v) is 9.45. The average Bonchev–Trinajstić information content (AvgIpc) is 2.75. The summed E-state index contributed by atoms with van der Waals surface area (Å²) in [4.78, 5) is 2.51. The van der Waals surface area contributed by atoms with Crippen molar-refractivity contribution in [3.63, 3.8) is 0 Å². The first-order valence-electron chi connectivity index (χ1n) is 6.05. The topological polar surface area (TPSA) is 3.24 Å². The molecule has 2 unspecified atom stereocenters. The largest absolute Gasteiger partial charge is 0.305 e. The van der Waals surface area contributed by atoms with Crippen LogP contribution in [-0.4, -0.2) is 25.0 Å². The van der Waals surface area contributed by atoms with Gasteiger partial charge in [-0.1, -0.05) is 36.8 Å². The zero-order valence-electron chi connectivity index (χ0n) is 9.45. The second kappa shape index (κ2) is 3.34. The summed E-state index contributed by atoms with van der Waals surface area (Å²) in [5, 5.41) is 0. The third kappa shape index (κ3) is 1.33. The molecule has 1 aromatic rings. The van der Waals surface area contributed by atoms with E-state index in [1.54, 1.807) is 5.56 Å². The maximum atomic E-state index is 2.51. The molecule has 0 amide bonds. The Morgan fingerprint density at radius 3 is 2.87 bits per heavy atom. The van der Waals surface area contributed by atoms with Gasteiger partial charge in [-0.25, -0.2) is 0 Å². The predicted octanol–water partition coefficient (Wildman–Crippen LogP) is 2.67. The lowest BCUT2D eigenvalue weighted by atomic mass is 9.75. The number of rotatable bonds is 1. The molecule has 2 fully saturated rings. The molecule has 0 radical (unpaired) electrons. The molecule has 1 aliphatic heterocycles. The van der Waals surface area contributed by atoms with Crippen molar-refractivity contribution >= 4 is 0 Å². The SMILES string of the molecule is CN1CC2CCCC2(c2ccccc2)C1. The van der Waals surface area contributed by atoms with Gasteiger partial charge in [0.1, 0.15) is 0 Å². The first kappa shape index (κ1) is 9.41. The van der Waals surface area contributed by atoms with Crippen LogP contribution in [0.25, 0.3) is 0 Å². The first-order chi connectivity index (χ1) is 7.31. The number of hydrogen-bond acceptors (Lipinski definition) is 1. The van der Waals surface area contributed by atoms with Crippen LogP contribution >= 0.6 is 0 Å². The maximum Gasteiger partial charge on any atom is 0.0120 e. The van der Waals surface area contributed by atoms with Gasteiger partial charge in [-0.15, -0.1) is 0 Å². The summed E-state index contributed by atoms with van der Waals surface area (Å²) in [5.41, 5.74) is 2.08. The highest BCUT2D eigenvalue weighted by atomic mass is 15.1. The number of fused-ring (bicyclic) bond motifs is 1. The van der Waals surface area contributed by atoms with E-state index in [2.05, 4.69) is 42.3 Å². The van der Waals surface area contributed by atoms with Crippen molar-refractivity contribution in [1.82, 2.24) is 4.90 Å². The van der Waals surface area contributed by atoms with Crippen molar-refractivity contribution in [3.8, 4) is 0 Å². The van der Waals surface area contributed by atoms with Crippen LogP contribution in [0.15, 0.2) is 30.3 Å². The normalized spacial score (nSPS) is 35.7. The molecular weight excluding hydrogens is 182 g/mol. The fraction of sp³-hybridized carbons (Fsp3) is 0.571. The third-order valence-corrected chi connectivity index (χ3v) is 4.39. The third-order valence-electron chi connectivity index (χ3n) is 4.39. The Morgan fingerprint density at radius 2 is 2.07 bits per heavy atom. The van der Waals surface area contributed by atoms with Crippen molar-refractivity contribution in [2.45, 2.75) is 24.7 Å². The number of nitrogens with zero attached hydrogens (tertiary/aromatic N) is 1. The molecule has 0 aromatic heterocycles. The van der Waals surface area contributed by atoms with Crippen LogP contribution in [-0.2, 0) is 5.41 Å². The summed E-state index contributed by atoms with van der Waals surface area (Å²) in [7, 11) is 2.27. The van der Waals surface area contributed by atoms with Gasteiger partial charge in [0.15, 0.2) is 0 Å². The van der Waals surface area contributed by atoms with E-state index >= 15 is 0 Å². The summed E-state index contributed by atoms with van der Waals surface area (Å²) in [5.74, 6) is 0.907. The van der Waals surface area contributed by atoms with Gasteiger partial charge in [-0.2, -0.15) is 0 Å². The second-order valence-corrected chi connectivity index (χ2v) is 5.31. The lowest BCUT2D eigenvalue weighted by Gasteiger charge is -2.29. The quantitative estimate of drug-likeness (QED) is 0.675. The Balaban J connectivity index is 2.02. The monoisotopic (exact) mass is 201 g/mol. The number of benzene rings is 1. The molecule has 15 heavy (non-hydrogen) atoms. The van der Waals surface area contributed by atoms with E-state index in [1.807, 2.05) is 0 Å². The molecule has 2 atom stereocenters. The standard InChI is InChI=1S/C14H19N/c1-15-10-13-8-5-9-14(13,11-15)12-6-3-2-4-7-12/h2-4,6-7,13H,5,8-11H2,1H3. The fourth-order valence-corrected chi connectivity index (χ4v) is 3.78. The second-order valence-electron chi connectivity index (χ2n) is 5.31. The molecule has 0 bridgehead atoms. The lowest BCUT2D eigenvalue weighted by molar-refractivity contribution is 0.360. The molecule has 1 nitrogen and oxygen atoms in total. The van der Waals surface area contributed by atoms with Crippen molar-refractivity contribution in [2.24, 2.45) is 5.92 Å². The van der Waals surface area contributed by atoms with Gasteiger partial charge in [0.25, 0.3) is 0 Å². The smallest absolute Gasteiger partial charge is 0.0120 e. The predicted molar refractivity (Wildman–Crippen MR) is 63.0 cm³/mol. The molecule has 1 aromatic carbocycles. The van der Waals surface area contributed by atoms with E-state index in [0.717, 1.165) is 5.92 Å². The van der Waals surface area contributed by atoms with Crippen molar-refractivity contribution in [3.05, 3.63) is 35.9 Å². The van der Waals surface area contributed by atoms with E-state index in [-0.39, 0.29) is 0 Å². The molecule has 1 saturated carbocycles. The Bertz CT molecular complexity index is 346. The Labute approximate surface area is 92.1 Å². The van der Waals surface area contributed by atoms with Crippen molar-refractivity contribution in [2.75, 3.05) is 20.1 Å². The Morgan fingerprint density at radius 1 is 1.27 bits per heavy atom. The van der Waals surface area contributed by atoms with Gasteiger partial charge in [-0.05, 0) is 31.4 Å². The van der Waals surface area contributed by atoms with E-state index in [1.165, 1.54) is 32.4 Å². The van der Waals surface area contributed by atoms with Crippen molar-refractivity contribution < 1.29 is 0 Å². The van der Waals surface area contributed by atoms with Crippen LogP contribution in [0.3, 0.4) is 0 Å². The fourth-order valence-electron chi connectivity index (χ4n) is 3.78. The molecule has 80 valence electrons. The van der Waals surface area contributed by atoms with Crippen LogP contribution in [0.4, 0.5) is 0 Å². The van der Waals surface area contributed by atoms with E-state index in [0.29, 0.717) is 5.41 Å². The molecule has 3 rings (SSSR count). The van der Waals surface area contributed by atoms with Crippen LogP contribution in [0, 0.1) is 5.92 Å². The minimum Gasteiger partial charge on any atom is -0.305 e. The highest BCUT2D eigenvalue weighted by Gasteiger charge is 2.49. The first-order valence-corrected chi connectivity index (χ1v) is 6.05. The van der Waals surface area contributed by atoms with E-state index in [9.17, 15) is 0 Å². The van der Waals surface area contributed by atoms with Gasteiger partial charge in [-0.3, -0.25) is 0 Å². The Hall–Kier alpha value is -0.820. The summed E-state index contributed by atoms with van der Waals surface area (Å²) < 4.78 is 0. The maximum absolute atomic E-state index is 2.51. The van der Waals surface area contributed by atoms with Gasteiger partial charge >= 0.3 is 0 Å². The van der Waals surface area contributed by atoms with Gasteiger partial charge in [0.05, 0.1) is 0 Å². The van der Waals surface area contributed by atoms with Crippen LogP contribution in [0.5, 0.6) is 0 Å². The van der Waals surface area contributed by atoms with Gasteiger partial charge in [0, 0.05) is 18.5 Å². The lowest BCUT2D eigenvalue weighted by Crippen LogP contribution is -2.30. The molecule has 0 spiro atoms. The van der Waals surface area contributed by atoms with Crippen molar-refractivity contribution in [1.29, 1.82) is 0 Å². The molecule has 1 heterocycles. The highest BCUT2D eigenvalue weighted by Crippen LogP contribution is 2.49. The Kier molecular flexibility index (Phi) is 2.10. The number of likely N-dealkylation sites (N-methyl/N-ethyl adjacent to an activating group) is 1.